The zero-order valence-corrected chi connectivity index (χ0v) is 9.66. The van der Waals surface area contributed by atoms with Crippen LogP contribution in [0.2, 0.25) is 0 Å². The summed E-state index contributed by atoms with van der Waals surface area (Å²) in [6, 6.07) is 5.54. The number of hydrogen-bond acceptors (Lipinski definition) is 3. The van der Waals surface area contributed by atoms with Crippen LogP contribution in [-0.2, 0) is 0 Å². The SMILES string of the molecule is CCC(=O)c1oc2ccc(OC)cc2c1C. The van der Waals surface area contributed by atoms with E-state index >= 15 is 0 Å². The van der Waals surface area contributed by atoms with Gasteiger partial charge in [-0.05, 0) is 25.1 Å². The number of benzene rings is 1. The summed E-state index contributed by atoms with van der Waals surface area (Å²) in [6.07, 6.45) is 0.456. The number of ether oxygens (including phenoxy) is 1. The Labute approximate surface area is 94.0 Å². The van der Waals surface area contributed by atoms with Gasteiger partial charge < -0.3 is 9.15 Å². The van der Waals surface area contributed by atoms with Gasteiger partial charge in [-0.2, -0.15) is 0 Å². The molecule has 3 nitrogen and oxygen atoms in total. The van der Waals surface area contributed by atoms with Gasteiger partial charge in [0.05, 0.1) is 7.11 Å². The molecular weight excluding hydrogens is 204 g/mol. The van der Waals surface area contributed by atoms with Gasteiger partial charge >= 0.3 is 0 Å². The van der Waals surface area contributed by atoms with Crippen LogP contribution in [0.3, 0.4) is 0 Å². The number of ketones is 1. The van der Waals surface area contributed by atoms with E-state index in [0.717, 1.165) is 22.3 Å². The second kappa shape index (κ2) is 4.00. The van der Waals surface area contributed by atoms with Gasteiger partial charge in [-0.25, -0.2) is 0 Å². The first-order valence-electron chi connectivity index (χ1n) is 5.27. The first-order valence-corrected chi connectivity index (χ1v) is 5.27. The maximum Gasteiger partial charge on any atom is 0.198 e. The van der Waals surface area contributed by atoms with Gasteiger partial charge in [-0.15, -0.1) is 0 Å². The van der Waals surface area contributed by atoms with E-state index in [-0.39, 0.29) is 5.78 Å². The van der Waals surface area contributed by atoms with E-state index in [1.807, 2.05) is 32.0 Å². The van der Waals surface area contributed by atoms with Crippen LogP contribution in [0, 0.1) is 6.92 Å². The Bertz CT molecular complexity index is 537. The fourth-order valence-electron chi connectivity index (χ4n) is 1.75. The lowest BCUT2D eigenvalue weighted by atomic mass is 10.1. The van der Waals surface area contributed by atoms with Crippen LogP contribution in [0.4, 0.5) is 0 Å². The molecular formula is C13H14O3. The monoisotopic (exact) mass is 218 g/mol. The predicted molar refractivity (Wildman–Crippen MR) is 62.1 cm³/mol. The van der Waals surface area contributed by atoms with Crippen molar-refractivity contribution in [1.82, 2.24) is 0 Å². The fourth-order valence-corrected chi connectivity index (χ4v) is 1.75. The smallest absolute Gasteiger partial charge is 0.198 e. The normalized spacial score (nSPS) is 10.7. The molecule has 16 heavy (non-hydrogen) atoms. The molecule has 0 aliphatic carbocycles. The first-order chi connectivity index (χ1) is 7.67. The molecule has 0 amide bonds. The molecule has 0 radical (unpaired) electrons. The Balaban J connectivity index is 2.64. The Morgan fingerprint density at radius 1 is 1.44 bits per heavy atom. The summed E-state index contributed by atoms with van der Waals surface area (Å²) >= 11 is 0. The molecule has 84 valence electrons. The number of carbonyl (C=O) groups is 1. The quantitative estimate of drug-likeness (QED) is 0.742. The van der Waals surface area contributed by atoms with Crippen molar-refractivity contribution in [3.8, 4) is 5.75 Å². The second-order valence-electron chi connectivity index (χ2n) is 3.70. The Morgan fingerprint density at radius 2 is 2.19 bits per heavy atom. The number of furan rings is 1. The molecule has 3 heteroatoms. The van der Waals surface area contributed by atoms with Gasteiger partial charge in [0, 0.05) is 17.4 Å². The van der Waals surface area contributed by atoms with Crippen LogP contribution in [0.15, 0.2) is 22.6 Å². The number of methoxy groups -OCH3 is 1. The van der Waals surface area contributed by atoms with Gasteiger partial charge in [0.2, 0.25) is 0 Å². The Morgan fingerprint density at radius 3 is 2.81 bits per heavy atom. The van der Waals surface area contributed by atoms with Crippen molar-refractivity contribution in [3.05, 3.63) is 29.5 Å². The molecule has 0 atom stereocenters. The lowest BCUT2D eigenvalue weighted by molar-refractivity contribution is 0.0963. The molecule has 0 unspecified atom stereocenters. The summed E-state index contributed by atoms with van der Waals surface area (Å²) in [6.45, 7) is 3.73. The van der Waals surface area contributed by atoms with E-state index in [1.165, 1.54) is 0 Å². The van der Waals surface area contributed by atoms with Gasteiger partial charge in [0.1, 0.15) is 11.3 Å². The lowest BCUT2D eigenvalue weighted by Crippen LogP contribution is -1.95. The fraction of sp³-hybridized carbons (Fsp3) is 0.308. The molecule has 1 heterocycles. The highest BCUT2D eigenvalue weighted by atomic mass is 16.5. The average molecular weight is 218 g/mol. The van der Waals surface area contributed by atoms with Crippen LogP contribution in [0.25, 0.3) is 11.0 Å². The number of Topliss-reactive ketones (excluding diaryl/α,β-unsaturated/α-hetero) is 1. The molecule has 0 saturated carbocycles. The molecule has 2 rings (SSSR count). The highest BCUT2D eigenvalue weighted by Gasteiger charge is 2.16. The summed E-state index contributed by atoms with van der Waals surface area (Å²) in [4.78, 5) is 11.6. The van der Waals surface area contributed by atoms with E-state index in [2.05, 4.69) is 0 Å². The number of carbonyl (C=O) groups excluding carboxylic acids is 1. The summed E-state index contributed by atoms with van der Waals surface area (Å²) in [7, 11) is 1.62. The largest absolute Gasteiger partial charge is 0.497 e. The molecule has 0 bridgehead atoms. The third-order valence-corrected chi connectivity index (χ3v) is 2.72. The molecule has 1 aromatic heterocycles. The van der Waals surface area contributed by atoms with Crippen LogP contribution in [0.5, 0.6) is 5.75 Å². The van der Waals surface area contributed by atoms with Crippen molar-refractivity contribution in [2.75, 3.05) is 7.11 Å². The third-order valence-electron chi connectivity index (χ3n) is 2.72. The molecule has 0 N–H and O–H groups in total. The van der Waals surface area contributed by atoms with Gasteiger partial charge in [0.25, 0.3) is 0 Å². The molecule has 0 spiro atoms. The standard InChI is InChI=1S/C13H14O3/c1-4-11(14)13-8(2)10-7-9(15-3)5-6-12(10)16-13/h5-7H,4H2,1-3H3. The van der Waals surface area contributed by atoms with Crippen molar-refractivity contribution < 1.29 is 13.9 Å². The van der Waals surface area contributed by atoms with Crippen molar-refractivity contribution in [3.63, 3.8) is 0 Å². The summed E-state index contributed by atoms with van der Waals surface area (Å²) in [5, 5.41) is 0.941. The number of hydrogen-bond donors (Lipinski definition) is 0. The molecule has 0 aliphatic heterocycles. The van der Waals surface area contributed by atoms with Gasteiger partial charge in [-0.3, -0.25) is 4.79 Å². The lowest BCUT2D eigenvalue weighted by Gasteiger charge is -1.97. The zero-order chi connectivity index (χ0) is 11.7. The summed E-state index contributed by atoms with van der Waals surface area (Å²) in [5.74, 6) is 1.27. The first kappa shape index (κ1) is 10.7. The van der Waals surface area contributed by atoms with E-state index in [9.17, 15) is 4.79 Å². The molecule has 1 aromatic carbocycles. The predicted octanol–water partition coefficient (Wildman–Crippen LogP) is 3.34. The van der Waals surface area contributed by atoms with Crippen LogP contribution in [-0.4, -0.2) is 12.9 Å². The van der Waals surface area contributed by atoms with Crippen molar-refractivity contribution in [2.24, 2.45) is 0 Å². The highest BCUT2D eigenvalue weighted by molar-refractivity contribution is 6.00. The second-order valence-corrected chi connectivity index (χ2v) is 3.70. The molecule has 0 saturated heterocycles. The Hall–Kier alpha value is -1.77. The van der Waals surface area contributed by atoms with E-state index in [4.69, 9.17) is 9.15 Å². The maximum atomic E-state index is 11.6. The van der Waals surface area contributed by atoms with E-state index < -0.39 is 0 Å². The van der Waals surface area contributed by atoms with Crippen LogP contribution < -0.4 is 4.74 Å². The number of rotatable bonds is 3. The topological polar surface area (TPSA) is 39.4 Å². The van der Waals surface area contributed by atoms with Gasteiger partial charge in [0.15, 0.2) is 11.5 Å². The van der Waals surface area contributed by atoms with Gasteiger partial charge in [-0.1, -0.05) is 6.92 Å². The van der Waals surface area contributed by atoms with Crippen molar-refractivity contribution >= 4 is 16.8 Å². The van der Waals surface area contributed by atoms with Crippen molar-refractivity contribution in [2.45, 2.75) is 20.3 Å². The third kappa shape index (κ3) is 1.58. The highest BCUT2D eigenvalue weighted by Crippen LogP contribution is 2.29. The molecule has 0 aliphatic rings. The molecule has 2 aromatic rings. The number of aryl methyl sites for hydroxylation is 1. The van der Waals surface area contributed by atoms with E-state index in [0.29, 0.717) is 12.2 Å². The van der Waals surface area contributed by atoms with Crippen LogP contribution >= 0.6 is 0 Å². The average Bonchev–Trinajstić information content (AvgIpc) is 2.65. The van der Waals surface area contributed by atoms with Crippen LogP contribution in [0.1, 0.15) is 29.5 Å². The van der Waals surface area contributed by atoms with Crippen molar-refractivity contribution in [1.29, 1.82) is 0 Å². The molecule has 0 fully saturated rings. The van der Waals surface area contributed by atoms with E-state index in [1.54, 1.807) is 7.11 Å². The maximum absolute atomic E-state index is 11.6. The zero-order valence-electron chi connectivity index (χ0n) is 9.66. The minimum absolute atomic E-state index is 0.0349. The summed E-state index contributed by atoms with van der Waals surface area (Å²) in [5.41, 5.74) is 1.62. The Kier molecular flexibility index (Phi) is 2.69. The summed E-state index contributed by atoms with van der Waals surface area (Å²) < 4.78 is 10.7. The number of fused-ring (bicyclic) bond motifs is 1. The minimum atomic E-state index is 0.0349. The minimum Gasteiger partial charge on any atom is -0.497 e.